The highest BCUT2D eigenvalue weighted by molar-refractivity contribution is 6.29. The number of hydrogen-bond donors (Lipinski definition) is 0. The normalized spacial score (nSPS) is 17.4. The summed E-state index contributed by atoms with van der Waals surface area (Å²) >= 11 is 5.81. The summed E-state index contributed by atoms with van der Waals surface area (Å²) in [6.45, 7) is 3.02. The van der Waals surface area contributed by atoms with Crippen molar-refractivity contribution in [2.75, 3.05) is 33.7 Å². The van der Waals surface area contributed by atoms with Crippen molar-refractivity contribution in [3.8, 4) is 0 Å². The quantitative estimate of drug-likeness (QED) is 0.797. The van der Waals surface area contributed by atoms with E-state index in [1.165, 1.54) is 0 Å². The Bertz CT molecular complexity index is 444. The SMILES string of the molecule is CN1CCC(CN(C)C(=O)c2cccc(Cl)n2)CC1. The summed E-state index contributed by atoms with van der Waals surface area (Å²) in [4.78, 5) is 20.4. The molecule has 0 bridgehead atoms. The fourth-order valence-electron chi connectivity index (χ4n) is 2.44. The van der Waals surface area contributed by atoms with Gasteiger partial charge < -0.3 is 9.80 Å². The van der Waals surface area contributed by atoms with E-state index in [2.05, 4.69) is 16.9 Å². The highest BCUT2D eigenvalue weighted by Gasteiger charge is 2.21. The zero-order chi connectivity index (χ0) is 13.8. The molecule has 0 radical (unpaired) electrons. The van der Waals surface area contributed by atoms with Crippen LogP contribution in [0.15, 0.2) is 18.2 Å². The summed E-state index contributed by atoms with van der Waals surface area (Å²) in [6, 6.07) is 5.14. The Morgan fingerprint density at radius 1 is 1.47 bits per heavy atom. The third kappa shape index (κ3) is 3.91. The number of nitrogens with zero attached hydrogens (tertiary/aromatic N) is 3. The second-order valence-electron chi connectivity index (χ2n) is 5.28. The number of piperidine rings is 1. The molecule has 1 aliphatic heterocycles. The molecule has 2 heterocycles. The standard InChI is InChI=1S/C14H20ClN3O/c1-17-8-6-11(7-9-17)10-18(2)14(19)12-4-3-5-13(15)16-12/h3-5,11H,6-10H2,1-2H3. The maximum Gasteiger partial charge on any atom is 0.272 e. The van der Waals surface area contributed by atoms with Crippen molar-refractivity contribution in [2.45, 2.75) is 12.8 Å². The summed E-state index contributed by atoms with van der Waals surface area (Å²) < 4.78 is 0. The van der Waals surface area contributed by atoms with Crippen molar-refractivity contribution in [3.63, 3.8) is 0 Å². The van der Waals surface area contributed by atoms with Crippen LogP contribution in [0.2, 0.25) is 5.15 Å². The van der Waals surface area contributed by atoms with Gasteiger partial charge in [-0.2, -0.15) is 0 Å². The molecule has 1 aliphatic rings. The van der Waals surface area contributed by atoms with Gasteiger partial charge in [-0.3, -0.25) is 4.79 Å². The molecule has 1 saturated heterocycles. The lowest BCUT2D eigenvalue weighted by Crippen LogP contribution is -2.38. The molecule has 19 heavy (non-hydrogen) atoms. The number of carbonyl (C=O) groups is 1. The average molecular weight is 282 g/mol. The third-order valence-corrected chi connectivity index (χ3v) is 3.86. The van der Waals surface area contributed by atoms with Crippen LogP contribution in [-0.2, 0) is 0 Å². The van der Waals surface area contributed by atoms with Crippen molar-refractivity contribution in [3.05, 3.63) is 29.0 Å². The molecular weight excluding hydrogens is 262 g/mol. The minimum absolute atomic E-state index is 0.0542. The molecule has 104 valence electrons. The highest BCUT2D eigenvalue weighted by Crippen LogP contribution is 2.17. The fourth-order valence-corrected chi connectivity index (χ4v) is 2.60. The van der Waals surface area contributed by atoms with E-state index in [1.807, 2.05) is 7.05 Å². The van der Waals surface area contributed by atoms with E-state index in [0.29, 0.717) is 16.8 Å². The molecule has 0 saturated carbocycles. The summed E-state index contributed by atoms with van der Waals surface area (Å²) in [6.07, 6.45) is 2.30. The number of amides is 1. The minimum Gasteiger partial charge on any atom is -0.340 e. The van der Waals surface area contributed by atoms with Crippen molar-refractivity contribution >= 4 is 17.5 Å². The first-order valence-corrected chi connectivity index (χ1v) is 7.00. The van der Waals surface area contributed by atoms with Gasteiger partial charge in [-0.05, 0) is 51.0 Å². The Labute approximate surface area is 119 Å². The number of hydrogen-bond acceptors (Lipinski definition) is 3. The van der Waals surface area contributed by atoms with Gasteiger partial charge in [0.05, 0.1) is 0 Å². The number of rotatable bonds is 3. The summed E-state index contributed by atoms with van der Waals surface area (Å²) in [5, 5.41) is 0.360. The topological polar surface area (TPSA) is 36.4 Å². The Morgan fingerprint density at radius 3 is 2.79 bits per heavy atom. The largest absolute Gasteiger partial charge is 0.340 e. The maximum atomic E-state index is 12.2. The van der Waals surface area contributed by atoms with Crippen molar-refractivity contribution in [1.82, 2.24) is 14.8 Å². The van der Waals surface area contributed by atoms with Gasteiger partial charge in [-0.15, -0.1) is 0 Å². The van der Waals surface area contributed by atoms with Crippen LogP contribution in [0.5, 0.6) is 0 Å². The lowest BCUT2D eigenvalue weighted by atomic mass is 9.96. The van der Waals surface area contributed by atoms with Crippen LogP contribution in [0.25, 0.3) is 0 Å². The van der Waals surface area contributed by atoms with Crippen molar-refractivity contribution < 1.29 is 4.79 Å². The van der Waals surface area contributed by atoms with Gasteiger partial charge >= 0.3 is 0 Å². The maximum absolute atomic E-state index is 12.2. The van der Waals surface area contributed by atoms with E-state index in [9.17, 15) is 4.79 Å². The second kappa shape index (κ2) is 6.35. The molecule has 1 aromatic heterocycles. The van der Waals surface area contributed by atoms with E-state index >= 15 is 0 Å². The number of carbonyl (C=O) groups excluding carboxylic acids is 1. The van der Waals surface area contributed by atoms with E-state index in [-0.39, 0.29) is 5.91 Å². The first kappa shape index (κ1) is 14.3. The van der Waals surface area contributed by atoms with Crippen LogP contribution in [0.1, 0.15) is 23.3 Å². The Hall–Kier alpha value is -1.13. The van der Waals surface area contributed by atoms with Gasteiger partial charge in [-0.25, -0.2) is 4.98 Å². The van der Waals surface area contributed by atoms with E-state index in [1.54, 1.807) is 23.1 Å². The smallest absolute Gasteiger partial charge is 0.272 e. The molecule has 0 aromatic carbocycles. The van der Waals surface area contributed by atoms with E-state index < -0.39 is 0 Å². The Kier molecular flexibility index (Phi) is 4.77. The zero-order valence-corrected chi connectivity index (χ0v) is 12.2. The molecule has 0 spiro atoms. The molecule has 0 atom stereocenters. The molecular formula is C14H20ClN3O. The lowest BCUT2D eigenvalue weighted by Gasteiger charge is -2.31. The number of pyridine rings is 1. The third-order valence-electron chi connectivity index (χ3n) is 3.65. The van der Waals surface area contributed by atoms with Gasteiger partial charge in [0.2, 0.25) is 0 Å². The van der Waals surface area contributed by atoms with E-state index in [0.717, 1.165) is 32.5 Å². The van der Waals surface area contributed by atoms with Crippen LogP contribution in [0.3, 0.4) is 0 Å². The van der Waals surface area contributed by atoms with Gasteiger partial charge in [0.25, 0.3) is 5.91 Å². The lowest BCUT2D eigenvalue weighted by molar-refractivity contribution is 0.0741. The first-order valence-electron chi connectivity index (χ1n) is 6.63. The first-order chi connectivity index (χ1) is 9.06. The summed E-state index contributed by atoms with van der Waals surface area (Å²) in [7, 11) is 3.98. The molecule has 0 unspecified atom stereocenters. The molecule has 5 heteroatoms. The zero-order valence-electron chi connectivity index (χ0n) is 11.5. The highest BCUT2D eigenvalue weighted by atomic mass is 35.5. The predicted molar refractivity (Wildman–Crippen MR) is 76.4 cm³/mol. The molecule has 2 rings (SSSR count). The molecule has 1 fully saturated rings. The molecule has 1 amide bonds. The number of halogens is 1. The van der Waals surface area contributed by atoms with Crippen LogP contribution in [0, 0.1) is 5.92 Å². The van der Waals surface area contributed by atoms with Crippen LogP contribution in [-0.4, -0.2) is 54.4 Å². The van der Waals surface area contributed by atoms with Crippen molar-refractivity contribution in [1.29, 1.82) is 0 Å². The Morgan fingerprint density at radius 2 is 2.16 bits per heavy atom. The van der Waals surface area contributed by atoms with Gasteiger partial charge in [-0.1, -0.05) is 17.7 Å². The Balaban J connectivity index is 1.92. The average Bonchev–Trinajstić information content (AvgIpc) is 2.40. The molecule has 1 aromatic rings. The second-order valence-corrected chi connectivity index (χ2v) is 5.67. The van der Waals surface area contributed by atoms with Gasteiger partial charge in [0.15, 0.2) is 0 Å². The van der Waals surface area contributed by atoms with Gasteiger partial charge in [0.1, 0.15) is 10.8 Å². The van der Waals surface area contributed by atoms with Gasteiger partial charge in [0, 0.05) is 13.6 Å². The number of likely N-dealkylation sites (tertiary alicyclic amines) is 1. The number of aromatic nitrogens is 1. The minimum atomic E-state index is -0.0542. The predicted octanol–water partition coefficient (Wildman–Crippen LogP) is 2.15. The summed E-state index contributed by atoms with van der Waals surface area (Å²) in [5.74, 6) is 0.533. The van der Waals surface area contributed by atoms with Crippen LogP contribution >= 0.6 is 11.6 Å². The monoisotopic (exact) mass is 281 g/mol. The molecule has 4 nitrogen and oxygen atoms in total. The molecule has 0 N–H and O–H groups in total. The molecule has 0 aliphatic carbocycles. The van der Waals surface area contributed by atoms with E-state index in [4.69, 9.17) is 11.6 Å². The van der Waals surface area contributed by atoms with Crippen molar-refractivity contribution in [2.24, 2.45) is 5.92 Å². The summed E-state index contributed by atoms with van der Waals surface area (Å²) in [5.41, 5.74) is 0.419. The van der Waals surface area contributed by atoms with Crippen LogP contribution < -0.4 is 0 Å². The van der Waals surface area contributed by atoms with Crippen LogP contribution in [0.4, 0.5) is 0 Å². The fraction of sp³-hybridized carbons (Fsp3) is 0.571.